The molecule has 0 bridgehead atoms. The molecule has 1 aromatic carbocycles. The molecule has 2 saturated carbocycles. The summed E-state index contributed by atoms with van der Waals surface area (Å²) < 4.78 is 37.8. The van der Waals surface area contributed by atoms with Crippen LogP contribution in [0.25, 0.3) is 0 Å². The molecule has 0 aromatic heterocycles. The summed E-state index contributed by atoms with van der Waals surface area (Å²) >= 11 is 0. The minimum absolute atomic E-state index is 0.157. The van der Waals surface area contributed by atoms with Crippen molar-refractivity contribution in [2.45, 2.75) is 47.8 Å². The van der Waals surface area contributed by atoms with E-state index < -0.39 is 15.7 Å². The maximum atomic E-state index is 13.9. The molecular weight excluding hydrogens is 253 g/mol. The van der Waals surface area contributed by atoms with Crippen LogP contribution in [0, 0.1) is 5.82 Å². The van der Waals surface area contributed by atoms with Crippen LogP contribution in [0.3, 0.4) is 0 Å². The highest BCUT2D eigenvalue weighted by molar-refractivity contribution is 7.92. The summed E-state index contributed by atoms with van der Waals surface area (Å²) in [5.41, 5.74) is 6.56. The zero-order valence-corrected chi connectivity index (χ0v) is 10.8. The van der Waals surface area contributed by atoms with Crippen LogP contribution in [0.1, 0.15) is 31.2 Å². The topological polar surface area (TPSA) is 60.2 Å². The third-order valence-electron chi connectivity index (χ3n) is 3.71. The molecule has 0 heterocycles. The monoisotopic (exact) mass is 269 g/mol. The Bertz CT molecular complexity index is 589. The van der Waals surface area contributed by atoms with Gasteiger partial charge in [0.25, 0.3) is 0 Å². The first-order valence-electron chi connectivity index (χ1n) is 6.22. The van der Waals surface area contributed by atoms with Crippen LogP contribution in [0.15, 0.2) is 23.1 Å². The van der Waals surface area contributed by atoms with Gasteiger partial charge in [-0.3, -0.25) is 0 Å². The van der Waals surface area contributed by atoms with Gasteiger partial charge in [-0.1, -0.05) is 6.07 Å². The molecule has 2 fully saturated rings. The lowest BCUT2D eigenvalue weighted by molar-refractivity contribution is 0.563. The highest BCUT2D eigenvalue weighted by Gasteiger charge is 2.40. The Kier molecular flexibility index (Phi) is 2.54. The van der Waals surface area contributed by atoms with Gasteiger partial charge in [-0.2, -0.15) is 0 Å². The van der Waals surface area contributed by atoms with Crippen molar-refractivity contribution < 1.29 is 12.8 Å². The van der Waals surface area contributed by atoms with E-state index in [0.717, 1.165) is 18.4 Å². The smallest absolute Gasteiger partial charge is 0.184 e. The lowest BCUT2D eigenvalue weighted by atomic mass is 10.1. The van der Waals surface area contributed by atoms with Crippen LogP contribution in [0.2, 0.25) is 0 Å². The molecule has 0 unspecified atom stereocenters. The number of sulfone groups is 1. The van der Waals surface area contributed by atoms with Gasteiger partial charge in [-0.05, 0) is 49.8 Å². The van der Waals surface area contributed by atoms with E-state index in [0.29, 0.717) is 19.3 Å². The average molecular weight is 269 g/mol. The van der Waals surface area contributed by atoms with E-state index in [2.05, 4.69) is 0 Å². The summed E-state index contributed by atoms with van der Waals surface area (Å²) in [6.45, 7) is 0. The maximum absolute atomic E-state index is 13.9. The summed E-state index contributed by atoms with van der Waals surface area (Å²) in [4.78, 5) is -0.157. The summed E-state index contributed by atoms with van der Waals surface area (Å²) in [6.07, 6.45) is 3.83. The van der Waals surface area contributed by atoms with E-state index in [4.69, 9.17) is 5.73 Å². The van der Waals surface area contributed by atoms with Gasteiger partial charge in [0.2, 0.25) is 0 Å². The molecule has 1 aromatic rings. The van der Waals surface area contributed by atoms with Crippen molar-refractivity contribution in [1.29, 1.82) is 0 Å². The minimum Gasteiger partial charge on any atom is -0.325 e. The molecule has 0 spiro atoms. The van der Waals surface area contributed by atoms with Crippen molar-refractivity contribution in [3.8, 4) is 0 Å². The number of hydrogen-bond donors (Lipinski definition) is 1. The number of benzene rings is 1. The molecule has 0 atom stereocenters. The largest absolute Gasteiger partial charge is 0.325 e. The zero-order chi connectivity index (χ0) is 13.0. The Morgan fingerprint density at radius 2 is 2.00 bits per heavy atom. The molecule has 5 heteroatoms. The standard InChI is InChI=1S/C13H16FNO2S/c14-11-7-9(8-13(15)5-6-13)1-4-12(11)18(16,17)10-2-3-10/h1,4,7,10H,2-3,5-6,8,15H2. The van der Waals surface area contributed by atoms with E-state index in [-0.39, 0.29) is 15.7 Å². The van der Waals surface area contributed by atoms with Crippen LogP contribution >= 0.6 is 0 Å². The van der Waals surface area contributed by atoms with E-state index in [1.54, 1.807) is 6.07 Å². The van der Waals surface area contributed by atoms with Crippen molar-refractivity contribution in [1.82, 2.24) is 0 Å². The second-order valence-corrected chi connectivity index (χ2v) is 7.74. The molecule has 98 valence electrons. The van der Waals surface area contributed by atoms with Gasteiger partial charge in [0.05, 0.1) is 5.25 Å². The molecule has 0 aliphatic heterocycles. The Hall–Kier alpha value is -0.940. The number of rotatable bonds is 4. The van der Waals surface area contributed by atoms with E-state index in [9.17, 15) is 12.8 Å². The van der Waals surface area contributed by atoms with Gasteiger partial charge < -0.3 is 5.73 Å². The molecule has 2 aliphatic rings. The first-order valence-corrected chi connectivity index (χ1v) is 7.77. The first-order chi connectivity index (χ1) is 8.41. The first kappa shape index (κ1) is 12.1. The summed E-state index contributed by atoms with van der Waals surface area (Å²) in [6, 6.07) is 4.40. The molecule has 0 radical (unpaired) electrons. The van der Waals surface area contributed by atoms with Crippen LogP contribution in [-0.2, 0) is 16.3 Å². The summed E-state index contributed by atoms with van der Waals surface area (Å²) in [5.74, 6) is -0.636. The Morgan fingerprint density at radius 1 is 1.33 bits per heavy atom. The fourth-order valence-corrected chi connectivity index (χ4v) is 3.89. The van der Waals surface area contributed by atoms with Crippen LogP contribution < -0.4 is 5.73 Å². The van der Waals surface area contributed by atoms with Crippen LogP contribution in [0.4, 0.5) is 4.39 Å². The maximum Gasteiger partial charge on any atom is 0.184 e. The van der Waals surface area contributed by atoms with Gasteiger partial charge in [-0.25, -0.2) is 12.8 Å². The molecule has 3 rings (SSSR count). The second-order valence-electron chi connectivity index (χ2n) is 5.55. The third kappa shape index (κ3) is 2.17. The summed E-state index contributed by atoms with van der Waals surface area (Å²) in [5, 5.41) is -0.373. The summed E-state index contributed by atoms with van der Waals surface area (Å²) in [7, 11) is -3.45. The van der Waals surface area contributed by atoms with E-state index in [1.165, 1.54) is 12.1 Å². The minimum atomic E-state index is -3.45. The lowest BCUT2D eigenvalue weighted by Gasteiger charge is -2.10. The molecule has 18 heavy (non-hydrogen) atoms. The zero-order valence-electron chi connectivity index (χ0n) is 10.0. The normalized spacial score (nSPS) is 21.9. The molecule has 3 nitrogen and oxygen atoms in total. The molecule has 2 aliphatic carbocycles. The predicted molar refractivity (Wildman–Crippen MR) is 66.5 cm³/mol. The van der Waals surface area contributed by atoms with Gasteiger partial charge >= 0.3 is 0 Å². The number of halogens is 1. The lowest BCUT2D eigenvalue weighted by Crippen LogP contribution is -2.24. The van der Waals surface area contributed by atoms with E-state index in [1.807, 2.05) is 0 Å². The van der Waals surface area contributed by atoms with Crippen molar-refractivity contribution in [2.24, 2.45) is 5.73 Å². The molecular formula is C13H16FNO2S. The number of nitrogens with two attached hydrogens (primary N) is 1. The molecule has 2 N–H and O–H groups in total. The van der Waals surface area contributed by atoms with Crippen LogP contribution in [-0.4, -0.2) is 19.2 Å². The fraction of sp³-hybridized carbons (Fsp3) is 0.538. The van der Waals surface area contributed by atoms with Gasteiger partial charge in [0.15, 0.2) is 9.84 Å². The molecule has 0 amide bonds. The van der Waals surface area contributed by atoms with E-state index >= 15 is 0 Å². The highest BCUT2D eigenvalue weighted by Crippen LogP contribution is 2.37. The van der Waals surface area contributed by atoms with Crippen molar-refractivity contribution in [3.05, 3.63) is 29.6 Å². The predicted octanol–water partition coefficient (Wildman–Crippen LogP) is 1.80. The SMILES string of the molecule is NC1(Cc2ccc(S(=O)(=O)C3CC3)c(F)c2)CC1. The van der Waals surface area contributed by atoms with Crippen molar-refractivity contribution in [2.75, 3.05) is 0 Å². The van der Waals surface area contributed by atoms with Gasteiger partial charge in [0.1, 0.15) is 10.7 Å². The number of hydrogen-bond acceptors (Lipinski definition) is 3. The second kappa shape index (κ2) is 3.78. The quantitative estimate of drug-likeness (QED) is 0.906. The molecule has 0 saturated heterocycles. The van der Waals surface area contributed by atoms with Crippen LogP contribution in [0.5, 0.6) is 0 Å². The Labute approximate surface area is 106 Å². The highest BCUT2D eigenvalue weighted by atomic mass is 32.2. The van der Waals surface area contributed by atoms with Crippen molar-refractivity contribution in [3.63, 3.8) is 0 Å². The fourth-order valence-electron chi connectivity index (χ4n) is 2.19. The van der Waals surface area contributed by atoms with Gasteiger partial charge in [0, 0.05) is 5.54 Å². The third-order valence-corrected chi connectivity index (χ3v) is 6.01. The average Bonchev–Trinajstić information content (AvgIpc) is 3.12. The van der Waals surface area contributed by atoms with Gasteiger partial charge in [-0.15, -0.1) is 0 Å². The Morgan fingerprint density at radius 3 is 2.50 bits per heavy atom. The Balaban J connectivity index is 1.89. The van der Waals surface area contributed by atoms with Crippen molar-refractivity contribution >= 4 is 9.84 Å².